The molecule has 3 rings (SSSR count). The van der Waals surface area contributed by atoms with Crippen LogP contribution in [0.1, 0.15) is 12.5 Å². The summed E-state index contributed by atoms with van der Waals surface area (Å²) in [5.41, 5.74) is 3.54. The number of nitrogens with one attached hydrogen (secondary N) is 2. The SMILES string of the molecule is C/C(=N/NC(=S)Nc1cc(S(=O)(=O)N2CCOCC2)ccc1Cl)c1ccccc1OC(F)F. The van der Waals surface area contributed by atoms with Crippen molar-refractivity contribution in [3.8, 4) is 5.75 Å². The Hall–Kier alpha value is -2.38. The van der Waals surface area contributed by atoms with Gasteiger partial charge in [0.15, 0.2) is 5.11 Å². The molecule has 0 radical (unpaired) electrons. The number of hydrogen-bond acceptors (Lipinski definition) is 6. The first kappa shape index (κ1) is 25.2. The fourth-order valence-corrected chi connectivity index (χ4v) is 4.76. The van der Waals surface area contributed by atoms with Gasteiger partial charge in [0.2, 0.25) is 10.0 Å². The van der Waals surface area contributed by atoms with E-state index in [9.17, 15) is 17.2 Å². The molecule has 1 aliphatic rings. The Morgan fingerprint density at radius 3 is 2.64 bits per heavy atom. The minimum Gasteiger partial charge on any atom is -0.434 e. The van der Waals surface area contributed by atoms with Gasteiger partial charge in [-0.25, -0.2) is 8.42 Å². The van der Waals surface area contributed by atoms with Gasteiger partial charge in [-0.2, -0.15) is 18.2 Å². The second-order valence-corrected chi connectivity index (χ2v) is 9.55. The lowest BCUT2D eigenvalue weighted by Gasteiger charge is -2.26. The van der Waals surface area contributed by atoms with Gasteiger partial charge in [-0.05, 0) is 49.5 Å². The van der Waals surface area contributed by atoms with E-state index in [1.165, 1.54) is 28.6 Å². The number of nitrogens with zero attached hydrogens (tertiary/aromatic N) is 2. The Bertz CT molecular complexity index is 1140. The lowest BCUT2D eigenvalue weighted by molar-refractivity contribution is -0.0499. The highest BCUT2D eigenvalue weighted by Gasteiger charge is 2.27. The summed E-state index contributed by atoms with van der Waals surface area (Å²) < 4.78 is 62.1. The number of benzene rings is 2. The molecular formula is C20H21ClF2N4O4S2. The molecule has 2 aromatic rings. The first-order valence-corrected chi connectivity index (χ1v) is 11.9. The molecule has 1 fully saturated rings. The van der Waals surface area contributed by atoms with Crippen LogP contribution in [-0.2, 0) is 14.8 Å². The van der Waals surface area contributed by atoms with Crippen molar-refractivity contribution >= 4 is 50.4 Å². The number of sulfonamides is 1. The molecule has 0 aromatic heterocycles. The number of rotatable bonds is 7. The van der Waals surface area contributed by atoms with Gasteiger partial charge in [-0.1, -0.05) is 23.7 Å². The molecule has 1 saturated heterocycles. The van der Waals surface area contributed by atoms with Crippen LogP contribution in [0.3, 0.4) is 0 Å². The van der Waals surface area contributed by atoms with Crippen LogP contribution in [0.5, 0.6) is 5.75 Å². The van der Waals surface area contributed by atoms with Crippen molar-refractivity contribution in [1.29, 1.82) is 0 Å². The number of ether oxygens (including phenoxy) is 2. The highest BCUT2D eigenvalue weighted by Crippen LogP contribution is 2.27. The monoisotopic (exact) mass is 518 g/mol. The van der Waals surface area contributed by atoms with Crippen LogP contribution in [0, 0.1) is 0 Å². The smallest absolute Gasteiger partial charge is 0.387 e. The van der Waals surface area contributed by atoms with Crippen molar-refractivity contribution in [2.75, 3.05) is 31.6 Å². The summed E-state index contributed by atoms with van der Waals surface area (Å²) in [6.07, 6.45) is 0. The molecule has 2 N–H and O–H groups in total. The quantitative estimate of drug-likeness (QED) is 0.328. The molecule has 178 valence electrons. The molecule has 0 spiro atoms. The second-order valence-electron chi connectivity index (χ2n) is 6.80. The van der Waals surface area contributed by atoms with E-state index in [0.29, 0.717) is 24.5 Å². The van der Waals surface area contributed by atoms with Crippen molar-refractivity contribution in [3.63, 3.8) is 0 Å². The third kappa shape index (κ3) is 6.58. The van der Waals surface area contributed by atoms with Gasteiger partial charge in [0.25, 0.3) is 0 Å². The third-order valence-electron chi connectivity index (χ3n) is 4.61. The maximum Gasteiger partial charge on any atom is 0.387 e. The number of anilines is 1. The molecule has 1 heterocycles. The number of morpholine rings is 1. The fraction of sp³-hybridized carbons (Fsp3) is 0.300. The summed E-state index contributed by atoms with van der Waals surface area (Å²) in [6, 6.07) is 10.4. The van der Waals surface area contributed by atoms with Crippen LogP contribution in [0.25, 0.3) is 0 Å². The van der Waals surface area contributed by atoms with Crippen LogP contribution in [0.15, 0.2) is 52.5 Å². The minimum absolute atomic E-state index is 0.0180. The molecule has 0 unspecified atom stereocenters. The molecule has 1 aliphatic heterocycles. The van der Waals surface area contributed by atoms with Gasteiger partial charge in [0.1, 0.15) is 5.75 Å². The van der Waals surface area contributed by atoms with Crippen molar-refractivity contribution in [2.45, 2.75) is 18.4 Å². The first-order valence-electron chi connectivity index (χ1n) is 9.71. The first-order chi connectivity index (χ1) is 15.7. The molecule has 2 aromatic carbocycles. The lowest BCUT2D eigenvalue weighted by Crippen LogP contribution is -2.40. The van der Waals surface area contributed by atoms with Gasteiger partial charge in [0.05, 0.1) is 34.5 Å². The van der Waals surface area contributed by atoms with Crippen molar-refractivity contribution in [3.05, 3.63) is 53.1 Å². The zero-order valence-electron chi connectivity index (χ0n) is 17.4. The maximum absolute atomic E-state index is 12.9. The van der Waals surface area contributed by atoms with Crippen LogP contribution >= 0.6 is 23.8 Å². The van der Waals surface area contributed by atoms with Gasteiger partial charge >= 0.3 is 6.61 Å². The predicted molar refractivity (Wildman–Crippen MR) is 126 cm³/mol. The fourth-order valence-electron chi connectivity index (χ4n) is 3.01. The normalized spacial score (nSPS) is 15.4. The van der Waals surface area contributed by atoms with E-state index in [4.69, 9.17) is 28.6 Å². The molecule has 13 heteroatoms. The molecule has 0 bridgehead atoms. The summed E-state index contributed by atoms with van der Waals surface area (Å²) >= 11 is 11.4. The molecule has 33 heavy (non-hydrogen) atoms. The highest BCUT2D eigenvalue weighted by atomic mass is 35.5. The average Bonchev–Trinajstić information content (AvgIpc) is 2.79. The van der Waals surface area contributed by atoms with Gasteiger partial charge < -0.3 is 14.8 Å². The van der Waals surface area contributed by atoms with Gasteiger partial charge in [0, 0.05) is 18.7 Å². The van der Waals surface area contributed by atoms with Gasteiger partial charge in [-0.3, -0.25) is 5.43 Å². The molecule has 0 aliphatic carbocycles. The van der Waals surface area contributed by atoms with Crippen LogP contribution in [0.2, 0.25) is 5.02 Å². The largest absolute Gasteiger partial charge is 0.434 e. The summed E-state index contributed by atoms with van der Waals surface area (Å²) in [5, 5.41) is 7.15. The summed E-state index contributed by atoms with van der Waals surface area (Å²) in [4.78, 5) is 0.0526. The molecule has 8 nitrogen and oxygen atoms in total. The number of halogens is 3. The number of hydrogen-bond donors (Lipinski definition) is 2. The van der Waals surface area contributed by atoms with E-state index in [0.717, 1.165) is 0 Å². The standard InChI is InChI=1S/C20H21ClF2N4O4S2/c1-13(15-4-2-3-5-18(15)31-19(22)23)25-26-20(32)24-17-12-14(6-7-16(17)21)33(28,29)27-8-10-30-11-9-27/h2-7,12,19H,8-11H2,1H3,(H2,24,26,32)/b25-13-. The maximum atomic E-state index is 12.9. The summed E-state index contributed by atoms with van der Waals surface area (Å²) in [6.45, 7) is -0.204. The van der Waals surface area contributed by atoms with E-state index in [2.05, 4.69) is 20.6 Å². The number of hydrazone groups is 1. The van der Waals surface area contributed by atoms with E-state index < -0.39 is 16.6 Å². The highest BCUT2D eigenvalue weighted by molar-refractivity contribution is 7.89. The van der Waals surface area contributed by atoms with Crippen molar-refractivity contribution in [2.24, 2.45) is 5.10 Å². The van der Waals surface area contributed by atoms with Crippen molar-refractivity contribution < 1.29 is 26.7 Å². The van der Waals surface area contributed by atoms with Crippen LogP contribution < -0.4 is 15.5 Å². The zero-order chi connectivity index (χ0) is 24.0. The number of alkyl halides is 2. The molecule has 0 amide bonds. The summed E-state index contributed by atoms with van der Waals surface area (Å²) in [5.74, 6) is -0.0292. The van der Waals surface area contributed by atoms with Crippen molar-refractivity contribution in [1.82, 2.24) is 9.73 Å². The van der Waals surface area contributed by atoms with E-state index in [1.54, 1.807) is 25.1 Å². The Morgan fingerprint density at radius 2 is 1.94 bits per heavy atom. The Kier molecular flexibility index (Phi) is 8.54. The average molecular weight is 519 g/mol. The molecule has 0 saturated carbocycles. The van der Waals surface area contributed by atoms with Gasteiger partial charge in [-0.15, -0.1) is 0 Å². The third-order valence-corrected chi connectivity index (χ3v) is 7.03. The number of thiocarbonyl (C=S) groups is 1. The van der Waals surface area contributed by atoms with Crippen LogP contribution in [0.4, 0.5) is 14.5 Å². The Morgan fingerprint density at radius 1 is 1.24 bits per heavy atom. The molecule has 0 atom stereocenters. The van der Waals surface area contributed by atoms with E-state index >= 15 is 0 Å². The van der Waals surface area contributed by atoms with Crippen LogP contribution in [-0.4, -0.2) is 56.5 Å². The van der Waals surface area contributed by atoms with E-state index in [-0.39, 0.29) is 39.6 Å². The summed E-state index contributed by atoms with van der Waals surface area (Å²) in [7, 11) is -3.73. The topological polar surface area (TPSA) is 92.3 Å². The lowest BCUT2D eigenvalue weighted by atomic mass is 10.1. The Labute approximate surface area is 200 Å². The zero-order valence-corrected chi connectivity index (χ0v) is 19.8. The predicted octanol–water partition coefficient (Wildman–Crippen LogP) is 3.67. The number of para-hydroxylation sites is 1. The molecular weight excluding hydrogens is 498 g/mol. The Balaban J connectivity index is 1.73. The van der Waals surface area contributed by atoms with E-state index in [1.807, 2.05) is 0 Å². The second kappa shape index (κ2) is 11.2. The minimum atomic E-state index is -3.73.